The Hall–Kier alpha value is -0.840. The van der Waals surface area contributed by atoms with Gasteiger partial charge in [0.1, 0.15) is 5.82 Å². The summed E-state index contributed by atoms with van der Waals surface area (Å²) < 4.78 is 13.0. The Morgan fingerprint density at radius 3 is 2.76 bits per heavy atom. The molecule has 1 aliphatic carbocycles. The molecule has 0 saturated heterocycles. The second-order valence-electron chi connectivity index (χ2n) is 5.54. The zero-order valence-corrected chi connectivity index (χ0v) is 13.6. The molecule has 2 N–H and O–H groups in total. The van der Waals surface area contributed by atoms with Crippen molar-refractivity contribution < 1.29 is 9.18 Å². The molecular weight excluding hydrogens is 314 g/mol. The quantitative estimate of drug-likeness (QED) is 0.917. The molecule has 21 heavy (non-hydrogen) atoms. The third kappa shape index (κ3) is 4.83. The van der Waals surface area contributed by atoms with E-state index in [9.17, 15) is 9.18 Å². The van der Waals surface area contributed by atoms with Crippen molar-refractivity contribution >= 4 is 29.9 Å². The molecule has 0 spiro atoms. The Kier molecular flexibility index (Phi) is 6.91. The molecule has 0 aromatic heterocycles. The number of hydrogen-bond donors (Lipinski definition) is 1. The van der Waals surface area contributed by atoms with Crippen LogP contribution in [0.2, 0.25) is 5.02 Å². The molecule has 1 amide bonds. The van der Waals surface area contributed by atoms with Gasteiger partial charge in [-0.15, -0.1) is 12.4 Å². The molecule has 6 heteroatoms. The summed E-state index contributed by atoms with van der Waals surface area (Å²) in [5.41, 5.74) is 6.74. The maximum atomic E-state index is 13.0. The first kappa shape index (κ1) is 18.2. The SMILES string of the molecule is CN(Cc1ccc(F)cc1Cl)C(=O)C[C@@H]1CCC[C@H]1N.Cl. The second kappa shape index (κ2) is 7.97. The van der Waals surface area contributed by atoms with Crippen LogP contribution in [0.15, 0.2) is 18.2 Å². The standard InChI is InChI=1S/C15H20ClFN2O.ClH/c1-19(9-11-5-6-12(17)8-13(11)16)15(20)7-10-3-2-4-14(10)18;/h5-6,8,10,14H,2-4,7,9,18H2,1H3;1H/t10-,14+;/m0./s1. The number of carbonyl (C=O) groups excluding carboxylic acids is 1. The predicted octanol–water partition coefficient (Wildman–Crippen LogP) is 3.38. The van der Waals surface area contributed by atoms with E-state index in [1.54, 1.807) is 18.0 Å². The van der Waals surface area contributed by atoms with Crippen molar-refractivity contribution in [3.63, 3.8) is 0 Å². The minimum Gasteiger partial charge on any atom is -0.341 e. The fraction of sp³-hybridized carbons (Fsp3) is 0.533. The lowest BCUT2D eigenvalue weighted by molar-refractivity contribution is -0.131. The summed E-state index contributed by atoms with van der Waals surface area (Å²) in [4.78, 5) is 13.8. The van der Waals surface area contributed by atoms with Crippen LogP contribution in [0, 0.1) is 11.7 Å². The average Bonchev–Trinajstić information content (AvgIpc) is 2.78. The number of halogens is 3. The number of carbonyl (C=O) groups is 1. The highest BCUT2D eigenvalue weighted by molar-refractivity contribution is 6.31. The molecule has 0 unspecified atom stereocenters. The smallest absolute Gasteiger partial charge is 0.222 e. The lowest BCUT2D eigenvalue weighted by Crippen LogP contribution is -2.32. The van der Waals surface area contributed by atoms with Gasteiger partial charge in [0.25, 0.3) is 0 Å². The number of benzene rings is 1. The van der Waals surface area contributed by atoms with Crippen LogP contribution in [0.25, 0.3) is 0 Å². The summed E-state index contributed by atoms with van der Waals surface area (Å²) in [5.74, 6) is -0.0222. The van der Waals surface area contributed by atoms with Crippen molar-refractivity contribution in [1.82, 2.24) is 4.90 Å². The van der Waals surface area contributed by atoms with Gasteiger partial charge in [-0.1, -0.05) is 24.1 Å². The summed E-state index contributed by atoms with van der Waals surface area (Å²) in [5, 5.41) is 0.349. The van der Waals surface area contributed by atoms with Crippen molar-refractivity contribution in [3.8, 4) is 0 Å². The van der Waals surface area contributed by atoms with Crippen molar-refractivity contribution in [1.29, 1.82) is 0 Å². The number of nitrogens with zero attached hydrogens (tertiary/aromatic N) is 1. The normalized spacial score (nSPS) is 21.0. The molecule has 0 bridgehead atoms. The van der Waals surface area contributed by atoms with Gasteiger partial charge in [0.05, 0.1) is 0 Å². The zero-order chi connectivity index (χ0) is 14.7. The molecular formula is C15H21Cl2FN2O. The van der Waals surface area contributed by atoms with Gasteiger partial charge in [0.2, 0.25) is 5.91 Å². The van der Waals surface area contributed by atoms with E-state index in [2.05, 4.69) is 0 Å². The van der Waals surface area contributed by atoms with Gasteiger partial charge in [-0.05, 0) is 36.5 Å². The average molecular weight is 335 g/mol. The molecule has 0 heterocycles. The summed E-state index contributed by atoms with van der Waals surface area (Å²) >= 11 is 5.97. The summed E-state index contributed by atoms with van der Waals surface area (Å²) in [6.07, 6.45) is 3.62. The monoisotopic (exact) mass is 334 g/mol. The molecule has 2 atom stereocenters. The lowest BCUT2D eigenvalue weighted by atomic mass is 9.99. The Balaban J connectivity index is 0.00000220. The molecule has 118 valence electrons. The van der Waals surface area contributed by atoms with Crippen molar-refractivity contribution in [2.45, 2.75) is 38.3 Å². The Morgan fingerprint density at radius 2 is 2.19 bits per heavy atom. The van der Waals surface area contributed by atoms with Gasteiger partial charge >= 0.3 is 0 Å². The molecule has 3 nitrogen and oxygen atoms in total. The molecule has 1 saturated carbocycles. The van der Waals surface area contributed by atoms with Crippen LogP contribution in [0.3, 0.4) is 0 Å². The van der Waals surface area contributed by atoms with E-state index in [4.69, 9.17) is 17.3 Å². The van der Waals surface area contributed by atoms with E-state index >= 15 is 0 Å². The number of rotatable bonds is 4. The van der Waals surface area contributed by atoms with Crippen LogP contribution in [0.5, 0.6) is 0 Å². The summed E-state index contributed by atoms with van der Waals surface area (Å²) in [6.45, 7) is 0.389. The third-order valence-corrected chi connectivity index (χ3v) is 4.35. The van der Waals surface area contributed by atoms with E-state index in [0.717, 1.165) is 24.8 Å². The van der Waals surface area contributed by atoms with E-state index < -0.39 is 0 Å². The molecule has 0 radical (unpaired) electrons. The van der Waals surface area contributed by atoms with E-state index in [-0.39, 0.29) is 36.1 Å². The summed E-state index contributed by atoms with van der Waals surface area (Å²) in [7, 11) is 1.74. The van der Waals surface area contributed by atoms with Crippen molar-refractivity contribution in [3.05, 3.63) is 34.6 Å². The topological polar surface area (TPSA) is 46.3 Å². The molecule has 0 aliphatic heterocycles. The maximum absolute atomic E-state index is 13.0. The highest BCUT2D eigenvalue weighted by Crippen LogP contribution is 2.27. The molecule has 1 aromatic rings. The van der Waals surface area contributed by atoms with Gasteiger partial charge in [-0.2, -0.15) is 0 Å². The van der Waals surface area contributed by atoms with Crippen LogP contribution in [0.1, 0.15) is 31.2 Å². The minimum absolute atomic E-state index is 0. The van der Waals surface area contributed by atoms with Crippen LogP contribution >= 0.6 is 24.0 Å². The molecule has 1 aliphatic rings. The molecule has 1 aromatic carbocycles. The van der Waals surface area contributed by atoms with Gasteiger partial charge in [0, 0.05) is 31.1 Å². The summed E-state index contributed by atoms with van der Waals surface area (Å²) in [6, 6.07) is 4.37. The first-order valence-corrected chi connectivity index (χ1v) is 7.28. The second-order valence-corrected chi connectivity index (χ2v) is 5.95. The molecule has 2 rings (SSSR count). The van der Waals surface area contributed by atoms with E-state index in [1.807, 2.05) is 0 Å². The fourth-order valence-electron chi connectivity index (χ4n) is 2.69. The van der Waals surface area contributed by atoms with E-state index in [0.29, 0.717) is 18.0 Å². The van der Waals surface area contributed by atoms with E-state index in [1.165, 1.54) is 12.1 Å². The highest BCUT2D eigenvalue weighted by atomic mass is 35.5. The number of nitrogens with two attached hydrogens (primary N) is 1. The first-order valence-electron chi connectivity index (χ1n) is 6.91. The van der Waals surface area contributed by atoms with Crippen molar-refractivity contribution in [2.24, 2.45) is 11.7 Å². The number of hydrogen-bond acceptors (Lipinski definition) is 2. The Morgan fingerprint density at radius 1 is 1.48 bits per heavy atom. The van der Waals surface area contributed by atoms with Gasteiger partial charge in [-0.25, -0.2) is 4.39 Å². The Labute approximate surface area is 136 Å². The third-order valence-electron chi connectivity index (χ3n) is 4.00. The maximum Gasteiger partial charge on any atom is 0.222 e. The molecule has 1 fully saturated rings. The fourth-order valence-corrected chi connectivity index (χ4v) is 2.92. The highest BCUT2D eigenvalue weighted by Gasteiger charge is 2.27. The van der Waals surface area contributed by atoms with Gasteiger partial charge in [-0.3, -0.25) is 4.79 Å². The van der Waals surface area contributed by atoms with Crippen LogP contribution < -0.4 is 5.73 Å². The number of amides is 1. The van der Waals surface area contributed by atoms with Crippen LogP contribution in [0.4, 0.5) is 4.39 Å². The van der Waals surface area contributed by atoms with Crippen LogP contribution in [-0.2, 0) is 11.3 Å². The van der Waals surface area contributed by atoms with Crippen LogP contribution in [-0.4, -0.2) is 23.9 Å². The first-order chi connectivity index (χ1) is 9.47. The van der Waals surface area contributed by atoms with Gasteiger partial charge < -0.3 is 10.6 Å². The Bertz CT molecular complexity index is 499. The zero-order valence-electron chi connectivity index (χ0n) is 12.0. The predicted molar refractivity (Wildman–Crippen MR) is 85.1 cm³/mol. The van der Waals surface area contributed by atoms with Crippen molar-refractivity contribution in [2.75, 3.05) is 7.05 Å². The van der Waals surface area contributed by atoms with Gasteiger partial charge in [0.15, 0.2) is 0 Å². The minimum atomic E-state index is -0.371. The largest absolute Gasteiger partial charge is 0.341 e. The lowest BCUT2D eigenvalue weighted by Gasteiger charge is -2.21.